The molecule has 0 unspecified atom stereocenters. The molecule has 0 aliphatic carbocycles. The highest BCUT2D eigenvalue weighted by molar-refractivity contribution is 14.0. The molecule has 5 nitrogen and oxygen atoms in total. The lowest BCUT2D eigenvalue weighted by Gasteiger charge is -2.35. The molecular formula is C20H33FIN3O2S. The summed E-state index contributed by atoms with van der Waals surface area (Å²) in [5.41, 5.74) is 0.880. The summed E-state index contributed by atoms with van der Waals surface area (Å²) in [6.07, 6.45) is 2.06. The van der Waals surface area contributed by atoms with Crippen LogP contribution in [0.15, 0.2) is 23.2 Å². The van der Waals surface area contributed by atoms with Crippen LogP contribution < -0.4 is 10.1 Å². The van der Waals surface area contributed by atoms with Gasteiger partial charge >= 0.3 is 0 Å². The van der Waals surface area contributed by atoms with Crippen molar-refractivity contribution in [1.82, 2.24) is 10.2 Å². The average molecular weight is 525 g/mol. The second-order valence-electron chi connectivity index (χ2n) is 6.72. The Morgan fingerprint density at radius 2 is 2.07 bits per heavy atom. The minimum absolute atomic E-state index is 0. The molecule has 0 atom stereocenters. The Balaban J connectivity index is 0.00000392. The number of hydrogen-bond acceptors (Lipinski definition) is 4. The summed E-state index contributed by atoms with van der Waals surface area (Å²) >= 11 is 1.98. The molecule has 1 heterocycles. The van der Waals surface area contributed by atoms with Gasteiger partial charge < -0.3 is 19.7 Å². The van der Waals surface area contributed by atoms with Crippen molar-refractivity contribution in [3.63, 3.8) is 0 Å². The number of rotatable bonds is 8. The molecule has 1 aromatic rings. The zero-order valence-corrected chi connectivity index (χ0v) is 20.4. The number of ether oxygens (including phenoxy) is 2. The van der Waals surface area contributed by atoms with E-state index >= 15 is 0 Å². The van der Waals surface area contributed by atoms with Crippen molar-refractivity contribution in [3.05, 3.63) is 29.6 Å². The standard InChI is InChI=1S/C20H32FN3O2S.HI/c1-5-22-19(23-15-20(27-6-2)9-11-26-12-10-20)24(3)14-16-7-8-18(25-4)17(21)13-16;/h7-8,13H,5-6,9-12,14-15H2,1-4H3,(H,22,23);1H. The topological polar surface area (TPSA) is 46.1 Å². The summed E-state index contributed by atoms with van der Waals surface area (Å²) in [6.45, 7) is 7.99. The summed E-state index contributed by atoms with van der Waals surface area (Å²) in [6, 6.07) is 5.07. The fraction of sp³-hybridized carbons (Fsp3) is 0.650. The molecule has 1 fully saturated rings. The monoisotopic (exact) mass is 525 g/mol. The molecule has 160 valence electrons. The van der Waals surface area contributed by atoms with Crippen LogP contribution in [0, 0.1) is 5.82 Å². The van der Waals surface area contributed by atoms with E-state index in [1.54, 1.807) is 6.07 Å². The first kappa shape index (κ1) is 25.3. The van der Waals surface area contributed by atoms with E-state index in [0.29, 0.717) is 6.54 Å². The molecule has 1 saturated heterocycles. The molecule has 0 radical (unpaired) electrons. The van der Waals surface area contributed by atoms with Crippen LogP contribution in [0.2, 0.25) is 0 Å². The maximum Gasteiger partial charge on any atom is 0.194 e. The first-order chi connectivity index (χ1) is 13.0. The molecular weight excluding hydrogens is 492 g/mol. The lowest BCUT2D eigenvalue weighted by atomic mass is 9.99. The highest BCUT2D eigenvalue weighted by Crippen LogP contribution is 2.35. The second-order valence-corrected chi connectivity index (χ2v) is 8.46. The van der Waals surface area contributed by atoms with Gasteiger partial charge in [0.05, 0.1) is 13.7 Å². The van der Waals surface area contributed by atoms with Crippen molar-refractivity contribution in [3.8, 4) is 5.75 Å². The van der Waals surface area contributed by atoms with E-state index < -0.39 is 0 Å². The van der Waals surface area contributed by atoms with E-state index in [9.17, 15) is 4.39 Å². The second kappa shape index (κ2) is 12.7. The number of methoxy groups -OCH3 is 1. The van der Waals surface area contributed by atoms with Gasteiger partial charge in [0.15, 0.2) is 17.5 Å². The minimum atomic E-state index is -0.342. The zero-order chi connectivity index (χ0) is 19.7. The van der Waals surface area contributed by atoms with Crippen molar-refractivity contribution < 1.29 is 13.9 Å². The van der Waals surface area contributed by atoms with Gasteiger partial charge in [-0.25, -0.2) is 4.39 Å². The number of hydrogen-bond donors (Lipinski definition) is 1. The van der Waals surface area contributed by atoms with Crippen molar-refractivity contribution >= 4 is 41.7 Å². The summed E-state index contributed by atoms with van der Waals surface area (Å²) < 4.78 is 24.7. The van der Waals surface area contributed by atoms with Crippen LogP contribution >= 0.6 is 35.7 Å². The minimum Gasteiger partial charge on any atom is -0.494 e. The van der Waals surface area contributed by atoms with Gasteiger partial charge in [-0.3, -0.25) is 4.99 Å². The molecule has 0 aromatic heterocycles. The Morgan fingerprint density at radius 3 is 2.64 bits per heavy atom. The maximum atomic E-state index is 14.0. The van der Waals surface area contributed by atoms with Gasteiger partial charge in [-0.15, -0.1) is 24.0 Å². The zero-order valence-electron chi connectivity index (χ0n) is 17.3. The molecule has 2 rings (SSSR count). The van der Waals surface area contributed by atoms with Crippen LogP contribution in [0.3, 0.4) is 0 Å². The number of nitrogens with one attached hydrogen (secondary N) is 1. The van der Waals surface area contributed by atoms with Gasteiger partial charge in [0.2, 0.25) is 0 Å². The third-order valence-corrected chi connectivity index (χ3v) is 6.14. The third kappa shape index (κ3) is 7.26. The van der Waals surface area contributed by atoms with Crippen molar-refractivity contribution in [1.29, 1.82) is 0 Å². The molecule has 0 saturated carbocycles. The molecule has 1 aromatic carbocycles. The Labute approximate surface area is 189 Å². The maximum absolute atomic E-state index is 14.0. The number of benzene rings is 1. The summed E-state index contributed by atoms with van der Waals surface area (Å²) in [4.78, 5) is 6.95. The lowest BCUT2D eigenvalue weighted by Crippen LogP contribution is -2.41. The van der Waals surface area contributed by atoms with E-state index in [2.05, 4.69) is 19.2 Å². The van der Waals surface area contributed by atoms with E-state index in [1.165, 1.54) is 13.2 Å². The molecule has 8 heteroatoms. The summed E-state index contributed by atoms with van der Waals surface area (Å²) in [7, 11) is 3.45. The van der Waals surface area contributed by atoms with E-state index in [0.717, 1.165) is 56.4 Å². The number of guanidine groups is 1. The van der Waals surface area contributed by atoms with E-state index in [1.807, 2.05) is 29.8 Å². The van der Waals surface area contributed by atoms with Gasteiger partial charge in [0.25, 0.3) is 0 Å². The van der Waals surface area contributed by atoms with Crippen molar-refractivity contribution in [2.75, 3.05) is 46.2 Å². The molecule has 28 heavy (non-hydrogen) atoms. The first-order valence-electron chi connectivity index (χ1n) is 9.57. The Hall–Kier alpha value is -0.740. The van der Waals surface area contributed by atoms with E-state index in [4.69, 9.17) is 14.5 Å². The van der Waals surface area contributed by atoms with Gasteiger partial charge in [0, 0.05) is 38.1 Å². The quantitative estimate of drug-likeness (QED) is 0.314. The highest BCUT2D eigenvalue weighted by atomic mass is 127. The van der Waals surface area contributed by atoms with Crippen LogP contribution in [0.25, 0.3) is 0 Å². The Kier molecular flexibility index (Phi) is 11.5. The Morgan fingerprint density at radius 1 is 1.36 bits per heavy atom. The number of halogens is 2. The van der Waals surface area contributed by atoms with Gasteiger partial charge in [-0.05, 0) is 43.2 Å². The van der Waals surface area contributed by atoms with Gasteiger partial charge in [0.1, 0.15) is 0 Å². The summed E-state index contributed by atoms with van der Waals surface area (Å²) in [5, 5.41) is 3.36. The molecule has 1 aliphatic rings. The van der Waals surface area contributed by atoms with E-state index in [-0.39, 0.29) is 40.3 Å². The van der Waals surface area contributed by atoms with Crippen LogP contribution in [0.1, 0.15) is 32.3 Å². The highest BCUT2D eigenvalue weighted by Gasteiger charge is 2.32. The molecule has 1 N–H and O–H groups in total. The van der Waals surface area contributed by atoms with Crippen LogP contribution in [0.4, 0.5) is 4.39 Å². The number of thioether (sulfide) groups is 1. The number of aliphatic imine (C=N–C) groups is 1. The molecule has 1 aliphatic heterocycles. The van der Waals surface area contributed by atoms with Gasteiger partial charge in [-0.2, -0.15) is 11.8 Å². The first-order valence-corrected chi connectivity index (χ1v) is 10.6. The number of nitrogens with zero attached hydrogens (tertiary/aromatic N) is 2. The largest absolute Gasteiger partial charge is 0.494 e. The van der Waals surface area contributed by atoms with Crippen LogP contribution in [-0.4, -0.2) is 61.8 Å². The van der Waals surface area contributed by atoms with Gasteiger partial charge in [-0.1, -0.05) is 13.0 Å². The fourth-order valence-corrected chi connectivity index (χ4v) is 4.47. The predicted molar refractivity (Wildman–Crippen MR) is 127 cm³/mol. The van der Waals surface area contributed by atoms with Crippen molar-refractivity contribution in [2.45, 2.75) is 38.0 Å². The molecule has 0 spiro atoms. The Bertz CT molecular complexity index is 622. The molecule has 0 amide bonds. The average Bonchev–Trinajstić information content (AvgIpc) is 2.66. The lowest BCUT2D eigenvalue weighted by molar-refractivity contribution is 0.0793. The normalized spacial score (nSPS) is 16.2. The van der Waals surface area contributed by atoms with Crippen LogP contribution in [-0.2, 0) is 11.3 Å². The van der Waals surface area contributed by atoms with Crippen LogP contribution in [0.5, 0.6) is 5.75 Å². The third-order valence-electron chi connectivity index (χ3n) is 4.70. The smallest absolute Gasteiger partial charge is 0.194 e. The fourth-order valence-electron chi connectivity index (χ4n) is 3.24. The predicted octanol–water partition coefficient (Wildman–Crippen LogP) is 4.15. The van der Waals surface area contributed by atoms with Crippen molar-refractivity contribution in [2.24, 2.45) is 4.99 Å². The SMILES string of the molecule is CCNC(=NCC1(SCC)CCOCC1)N(C)Cc1ccc(OC)c(F)c1.I. The summed E-state index contributed by atoms with van der Waals surface area (Å²) in [5.74, 6) is 1.84. The molecule has 0 bridgehead atoms.